The van der Waals surface area contributed by atoms with Crippen LogP contribution in [-0.2, 0) is 0 Å². The van der Waals surface area contributed by atoms with Crippen molar-refractivity contribution in [3.63, 3.8) is 0 Å². The fraction of sp³-hybridized carbons (Fsp3) is 0.409. The summed E-state index contributed by atoms with van der Waals surface area (Å²) in [4.78, 5) is 11.7. The highest BCUT2D eigenvalue weighted by Crippen LogP contribution is 2.40. The molecule has 0 aromatic heterocycles. The molecule has 1 fully saturated rings. The first-order valence-corrected chi connectivity index (χ1v) is 9.32. The molecule has 1 aliphatic rings. The van der Waals surface area contributed by atoms with E-state index in [1.54, 1.807) is 18.2 Å². The fourth-order valence-corrected chi connectivity index (χ4v) is 4.16. The highest BCUT2D eigenvalue weighted by Gasteiger charge is 2.26. The minimum atomic E-state index is -0.957. The van der Waals surface area contributed by atoms with Gasteiger partial charge < -0.3 is 5.11 Å². The largest absolute Gasteiger partial charge is 0.478 e. The van der Waals surface area contributed by atoms with E-state index in [0.717, 1.165) is 43.2 Å². The lowest BCUT2D eigenvalue weighted by molar-refractivity contribution is 0.0694. The lowest BCUT2D eigenvalue weighted by Gasteiger charge is -2.29. The van der Waals surface area contributed by atoms with Crippen molar-refractivity contribution in [2.75, 3.05) is 0 Å². The maximum Gasteiger partial charge on any atom is 0.335 e. The maximum absolute atomic E-state index is 14.1. The molecule has 0 amide bonds. The third kappa shape index (κ3) is 3.95. The number of rotatable bonds is 5. The van der Waals surface area contributed by atoms with E-state index in [2.05, 4.69) is 6.92 Å². The number of benzene rings is 2. The quantitative estimate of drug-likeness (QED) is 0.671. The molecule has 2 aromatic rings. The Bertz CT molecular complexity index is 793. The molecule has 1 saturated carbocycles. The summed E-state index contributed by atoms with van der Waals surface area (Å²) in [6.07, 6.45) is 6.52. The van der Waals surface area contributed by atoms with Gasteiger partial charge in [0.1, 0.15) is 11.6 Å². The summed E-state index contributed by atoms with van der Waals surface area (Å²) in [5.74, 6) is -1.31. The van der Waals surface area contributed by atoms with Crippen molar-refractivity contribution in [2.24, 2.45) is 5.92 Å². The van der Waals surface area contributed by atoms with Gasteiger partial charge in [0.2, 0.25) is 0 Å². The van der Waals surface area contributed by atoms with Crippen LogP contribution in [0.3, 0.4) is 0 Å². The minimum absolute atomic E-state index is 0.178. The Labute approximate surface area is 152 Å². The lowest BCUT2D eigenvalue weighted by atomic mass is 9.75. The van der Waals surface area contributed by atoms with Gasteiger partial charge >= 0.3 is 5.97 Å². The van der Waals surface area contributed by atoms with Crippen LogP contribution in [0.2, 0.25) is 0 Å². The molecular weight excluding hydrogens is 334 g/mol. The average Bonchev–Trinajstić information content (AvgIpc) is 2.62. The van der Waals surface area contributed by atoms with Gasteiger partial charge in [-0.25, -0.2) is 13.6 Å². The number of aromatic carboxylic acids is 1. The van der Waals surface area contributed by atoms with Gasteiger partial charge in [-0.05, 0) is 72.9 Å². The number of hydrogen-bond donors (Lipinski definition) is 1. The van der Waals surface area contributed by atoms with Crippen molar-refractivity contribution >= 4 is 5.97 Å². The van der Waals surface area contributed by atoms with Crippen LogP contribution in [0, 0.1) is 17.6 Å². The third-order valence-corrected chi connectivity index (χ3v) is 5.51. The second-order valence-corrected chi connectivity index (χ2v) is 7.24. The minimum Gasteiger partial charge on any atom is -0.478 e. The molecule has 0 bridgehead atoms. The SMILES string of the molecule is CCCC1CCC(c2cc(-c3ccc(F)cc3F)ccc2C(=O)O)CC1. The molecule has 0 heterocycles. The molecule has 1 N–H and O–H groups in total. The predicted octanol–water partition coefficient (Wildman–Crippen LogP) is 6.40. The summed E-state index contributed by atoms with van der Waals surface area (Å²) < 4.78 is 27.3. The molecule has 2 nitrogen and oxygen atoms in total. The molecule has 138 valence electrons. The van der Waals surface area contributed by atoms with Gasteiger partial charge in [-0.1, -0.05) is 25.8 Å². The maximum atomic E-state index is 14.1. The lowest BCUT2D eigenvalue weighted by Crippen LogP contribution is -2.16. The van der Waals surface area contributed by atoms with E-state index in [1.807, 2.05) is 0 Å². The normalized spacial score (nSPS) is 20.1. The van der Waals surface area contributed by atoms with Gasteiger partial charge in [0.05, 0.1) is 5.56 Å². The van der Waals surface area contributed by atoms with Crippen LogP contribution < -0.4 is 0 Å². The predicted molar refractivity (Wildman–Crippen MR) is 98.4 cm³/mol. The average molecular weight is 358 g/mol. The molecule has 4 heteroatoms. The van der Waals surface area contributed by atoms with Crippen LogP contribution in [0.4, 0.5) is 8.78 Å². The first-order chi connectivity index (χ1) is 12.5. The molecule has 1 aliphatic carbocycles. The number of halogens is 2. The molecule has 0 unspecified atom stereocenters. The van der Waals surface area contributed by atoms with Crippen molar-refractivity contribution < 1.29 is 18.7 Å². The van der Waals surface area contributed by atoms with Gasteiger partial charge in [0, 0.05) is 11.6 Å². The smallest absolute Gasteiger partial charge is 0.335 e. The van der Waals surface area contributed by atoms with Crippen molar-refractivity contribution in [3.05, 3.63) is 59.2 Å². The van der Waals surface area contributed by atoms with E-state index in [-0.39, 0.29) is 11.5 Å². The standard InChI is InChI=1S/C22H24F2O2/c1-2-3-14-4-6-15(7-5-14)20-12-16(8-10-19(20)22(25)26)18-11-9-17(23)13-21(18)24/h8-15H,2-7H2,1H3,(H,25,26). The van der Waals surface area contributed by atoms with Crippen molar-refractivity contribution in [3.8, 4) is 11.1 Å². The highest BCUT2D eigenvalue weighted by molar-refractivity contribution is 5.90. The van der Waals surface area contributed by atoms with E-state index in [4.69, 9.17) is 0 Å². The molecule has 2 aromatic carbocycles. The molecule has 0 atom stereocenters. The Morgan fingerprint density at radius 1 is 1.08 bits per heavy atom. The zero-order valence-corrected chi connectivity index (χ0v) is 15.0. The Hall–Kier alpha value is -2.23. The topological polar surface area (TPSA) is 37.3 Å². The Balaban J connectivity index is 1.94. The monoisotopic (exact) mass is 358 g/mol. The molecule has 3 rings (SSSR count). The first kappa shape index (κ1) is 18.6. The summed E-state index contributed by atoms with van der Waals surface area (Å²) >= 11 is 0. The van der Waals surface area contributed by atoms with E-state index in [1.165, 1.54) is 25.0 Å². The van der Waals surface area contributed by atoms with Crippen molar-refractivity contribution in [1.29, 1.82) is 0 Å². The Kier molecular flexibility index (Phi) is 5.70. The van der Waals surface area contributed by atoms with E-state index >= 15 is 0 Å². The molecular formula is C22H24F2O2. The van der Waals surface area contributed by atoms with E-state index in [0.29, 0.717) is 11.1 Å². The summed E-state index contributed by atoms with van der Waals surface area (Å²) in [6, 6.07) is 8.42. The second-order valence-electron chi connectivity index (χ2n) is 7.24. The second kappa shape index (κ2) is 7.98. The summed E-state index contributed by atoms with van der Waals surface area (Å²) in [6.45, 7) is 2.19. The van der Waals surface area contributed by atoms with Crippen LogP contribution in [0.25, 0.3) is 11.1 Å². The van der Waals surface area contributed by atoms with E-state index < -0.39 is 17.6 Å². The first-order valence-electron chi connectivity index (χ1n) is 9.32. The third-order valence-electron chi connectivity index (χ3n) is 5.51. The summed E-state index contributed by atoms with van der Waals surface area (Å²) in [5, 5.41) is 9.56. The molecule has 0 saturated heterocycles. The molecule has 0 aliphatic heterocycles. The summed E-state index contributed by atoms with van der Waals surface area (Å²) in [5.41, 5.74) is 1.95. The number of carboxylic acid groups (broad SMARTS) is 1. The van der Waals surface area contributed by atoms with Crippen molar-refractivity contribution in [1.82, 2.24) is 0 Å². The van der Waals surface area contributed by atoms with Crippen LogP contribution >= 0.6 is 0 Å². The van der Waals surface area contributed by atoms with Crippen LogP contribution in [0.5, 0.6) is 0 Å². The van der Waals surface area contributed by atoms with Gasteiger partial charge in [0.25, 0.3) is 0 Å². The highest BCUT2D eigenvalue weighted by atomic mass is 19.1. The summed E-state index contributed by atoms with van der Waals surface area (Å²) in [7, 11) is 0. The van der Waals surface area contributed by atoms with Crippen LogP contribution in [0.1, 0.15) is 67.3 Å². The molecule has 26 heavy (non-hydrogen) atoms. The van der Waals surface area contributed by atoms with Crippen LogP contribution in [-0.4, -0.2) is 11.1 Å². The number of hydrogen-bond acceptors (Lipinski definition) is 1. The van der Waals surface area contributed by atoms with Gasteiger partial charge in [0.15, 0.2) is 0 Å². The zero-order chi connectivity index (χ0) is 18.7. The van der Waals surface area contributed by atoms with Gasteiger partial charge in [-0.15, -0.1) is 0 Å². The number of carboxylic acids is 1. The molecule has 0 radical (unpaired) electrons. The Morgan fingerprint density at radius 3 is 2.42 bits per heavy atom. The Morgan fingerprint density at radius 2 is 1.81 bits per heavy atom. The van der Waals surface area contributed by atoms with Gasteiger partial charge in [-0.2, -0.15) is 0 Å². The van der Waals surface area contributed by atoms with Crippen LogP contribution in [0.15, 0.2) is 36.4 Å². The molecule has 0 spiro atoms. The fourth-order valence-electron chi connectivity index (χ4n) is 4.16. The van der Waals surface area contributed by atoms with Gasteiger partial charge in [-0.3, -0.25) is 0 Å². The zero-order valence-electron chi connectivity index (χ0n) is 15.0. The van der Waals surface area contributed by atoms with Crippen molar-refractivity contribution in [2.45, 2.75) is 51.4 Å². The number of carbonyl (C=O) groups is 1. The van der Waals surface area contributed by atoms with E-state index in [9.17, 15) is 18.7 Å².